The average Bonchev–Trinajstić information content (AvgIpc) is 3.26. The number of nitrogens with two attached hydrogens (primary N) is 1. The minimum atomic E-state index is -0.614. The van der Waals surface area contributed by atoms with Crippen molar-refractivity contribution in [2.45, 2.75) is 13.0 Å². The molecule has 8 nitrogen and oxygen atoms in total. The fourth-order valence-electron chi connectivity index (χ4n) is 4.08. The number of aromatic nitrogens is 2. The van der Waals surface area contributed by atoms with E-state index in [9.17, 15) is 9.59 Å². The van der Waals surface area contributed by atoms with Crippen LogP contribution < -0.4 is 21.7 Å². The Kier molecular flexibility index (Phi) is 5.02. The van der Waals surface area contributed by atoms with Gasteiger partial charge in [-0.15, -0.1) is 0 Å². The fourth-order valence-corrected chi connectivity index (χ4v) is 4.08. The van der Waals surface area contributed by atoms with E-state index in [0.717, 1.165) is 27.6 Å². The van der Waals surface area contributed by atoms with Gasteiger partial charge in [0.1, 0.15) is 0 Å². The van der Waals surface area contributed by atoms with Crippen molar-refractivity contribution >= 4 is 34.2 Å². The van der Waals surface area contributed by atoms with Gasteiger partial charge in [0.15, 0.2) is 0 Å². The first-order chi connectivity index (χ1) is 16.0. The highest BCUT2D eigenvalue weighted by Gasteiger charge is 2.31. The molecule has 1 unspecified atom stereocenters. The van der Waals surface area contributed by atoms with Crippen molar-refractivity contribution in [3.63, 3.8) is 0 Å². The second kappa shape index (κ2) is 8.16. The van der Waals surface area contributed by atoms with Gasteiger partial charge in [0.05, 0.1) is 23.3 Å². The number of benzene rings is 3. The molecule has 0 bridgehead atoms. The number of aromatic amines is 1. The summed E-state index contributed by atoms with van der Waals surface area (Å²) in [5.41, 5.74) is 11.8. The molecule has 1 aromatic heterocycles. The molecule has 1 atom stereocenters. The Labute approximate surface area is 189 Å². The number of carbonyl (C=O) groups is 2. The van der Waals surface area contributed by atoms with Crippen molar-refractivity contribution in [1.29, 1.82) is 0 Å². The molecule has 2 heterocycles. The third-order valence-corrected chi connectivity index (χ3v) is 5.65. The summed E-state index contributed by atoms with van der Waals surface area (Å²) in [7, 11) is 0. The minimum absolute atomic E-state index is 0.304. The number of nitrogens with zero attached hydrogens (tertiary/aromatic N) is 1. The molecule has 0 saturated carbocycles. The van der Waals surface area contributed by atoms with Gasteiger partial charge in [-0.05, 0) is 60.0 Å². The molecule has 33 heavy (non-hydrogen) atoms. The number of allylic oxidation sites excluding steroid dienone is 1. The number of urea groups is 1. The van der Waals surface area contributed by atoms with Crippen LogP contribution in [-0.4, -0.2) is 22.1 Å². The maximum absolute atomic E-state index is 13.3. The van der Waals surface area contributed by atoms with Crippen LogP contribution >= 0.6 is 0 Å². The summed E-state index contributed by atoms with van der Waals surface area (Å²) in [6, 6.07) is 19.8. The lowest BCUT2D eigenvalue weighted by Gasteiger charge is -2.29. The Hall–Kier alpha value is -4.59. The number of rotatable bonds is 4. The van der Waals surface area contributed by atoms with Gasteiger partial charge in [-0.25, -0.2) is 4.79 Å². The number of H-pyrrole nitrogens is 1. The molecule has 0 aliphatic carbocycles. The van der Waals surface area contributed by atoms with Crippen molar-refractivity contribution in [2.75, 3.05) is 11.1 Å². The van der Waals surface area contributed by atoms with Crippen molar-refractivity contribution in [2.24, 2.45) is 0 Å². The molecule has 0 fully saturated rings. The van der Waals surface area contributed by atoms with Crippen LogP contribution in [0.1, 0.15) is 18.5 Å². The van der Waals surface area contributed by atoms with E-state index in [0.29, 0.717) is 22.6 Å². The molecule has 0 radical (unpaired) electrons. The smallest absolute Gasteiger partial charge is 0.319 e. The predicted octanol–water partition coefficient (Wildman–Crippen LogP) is 4.08. The molecule has 3 amide bonds. The first kappa shape index (κ1) is 20.3. The number of hydrogen-bond acceptors (Lipinski definition) is 4. The lowest BCUT2D eigenvalue weighted by molar-refractivity contribution is -0.113. The molecule has 1 aliphatic heterocycles. The Balaban J connectivity index is 1.49. The molecule has 3 aromatic carbocycles. The van der Waals surface area contributed by atoms with Crippen molar-refractivity contribution in [1.82, 2.24) is 20.8 Å². The molecule has 0 saturated heterocycles. The van der Waals surface area contributed by atoms with Crippen molar-refractivity contribution in [3.05, 3.63) is 89.8 Å². The molecule has 4 aromatic rings. The summed E-state index contributed by atoms with van der Waals surface area (Å²) in [6.45, 7) is 1.72. The topological polar surface area (TPSA) is 125 Å². The predicted molar refractivity (Wildman–Crippen MR) is 128 cm³/mol. The number of anilines is 2. The van der Waals surface area contributed by atoms with E-state index in [2.05, 4.69) is 26.1 Å². The maximum atomic E-state index is 13.3. The van der Waals surface area contributed by atoms with E-state index in [-0.39, 0.29) is 11.9 Å². The largest absolute Gasteiger partial charge is 0.399 e. The molecular formula is C25H22N6O2. The molecule has 5 rings (SSSR count). The molecule has 1 aliphatic rings. The van der Waals surface area contributed by atoms with Crippen molar-refractivity contribution in [3.8, 4) is 11.1 Å². The fraction of sp³-hybridized carbons (Fsp3) is 0.0800. The first-order valence-electron chi connectivity index (χ1n) is 10.5. The van der Waals surface area contributed by atoms with Crippen LogP contribution in [0.2, 0.25) is 0 Å². The summed E-state index contributed by atoms with van der Waals surface area (Å²) < 4.78 is 0. The number of amides is 3. The Morgan fingerprint density at radius 1 is 1.03 bits per heavy atom. The van der Waals surface area contributed by atoms with Gasteiger partial charge in [0.25, 0.3) is 5.91 Å². The lowest BCUT2D eigenvalue weighted by Crippen LogP contribution is -2.46. The van der Waals surface area contributed by atoms with Crippen LogP contribution in [0.4, 0.5) is 16.2 Å². The summed E-state index contributed by atoms with van der Waals surface area (Å²) in [4.78, 5) is 25.6. The van der Waals surface area contributed by atoms with Gasteiger partial charge < -0.3 is 21.7 Å². The van der Waals surface area contributed by atoms with Gasteiger partial charge in [-0.1, -0.05) is 30.3 Å². The third-order valence-electron chi connectivity index (χ3n) is 5.65. The highest BCUT2D eigenvalue weighted by atomic mass is 16.2. The third kappa shape index (κ3) is 4.01. The van der Waals surface area contributed by atoms with Crippen LogP contribution in [0.3, 0.4) is 0 Å². The van der Waals surface area contributed by atoms with E-state index >= 15 is 0 Å². The maximum Gasteiger partial charge on any atom is 0.319 e. The molecule has 0 spiro atoms. The number of hydrogen-bond donors (Lipinski definition) is 5. The first-order valence-corrected chi connectivity index (χ1v) is 10.5. The van der Waals surface area contributed by atoms with Gasteiger partial charge in [0.2, 0.25) is 0 Å². The van der Waals surface area contributed by atoms with Crippen LogP contribution in [0.25, 0.3) is 22.0 Å². The minimum Gasteiger partial charge on any atom is -0.399 e. The van der Waals surface area contributed by atoms with E-state index in [1.54, 1.807) is 19.2 Å². The summed E-state index contributed by atoms with van der Waals surface area (Å²) in [5, 5.41) is 16.3. The SMILES string of the molecule is CC1=C(C(=O)Nc2ccc3[nH]ncc3c2)C(c2cccc(-c3cccc(N)c3)c2)NC(=O)N1. The Bertz CT molecular complexity index is 1420. The van der Waals surface area contributed by atoms with Gasteiger partial charge in [0, 0.05) is 22.5 Å². The van der Waals surface area contributed by atoms with E-state index in [1.165, 1.54) is 0 Å². The molecule has 6 N–H and O–H groups in total. The van der Waals surface area contributed by atoms with Crippen molar-refractivity contribution < 1.29 is 9.59 Å². The number of carbonyl (C=O) groups excluding carboxylic acids is 2. The number of nitrogen functional groups attached to an aromatic ring is 1. The van der Waals surface area contributed by atoms with Crippen LogP contribution in [0.5, 0.6) is 0 Å². The van der Waals surface area contributed by atoms with E-state index < -0.39 is 6.04 Å². The second-order valence-electron chi connectivity index (χ2n) is 7.95. The Morgan fingerprint density at radius 2 is 1.82 bits per heavy atom. The van der Waals surface area contributed by atoms with Gasteiger partial charge >= 0.3 is 6.03 Å². The zero-order chi connectivity index (χ0) is 22.9. The lowest BCUT2D eigenvalue weighted by atomic mass is 9.92. The second-order valence-corrected chi connectivity index (χ2v) is 7.95. The van der Waals surface area contributed by atoms with E-state index in [1.807, 2.05) is 60.7 Å². The zero-order valence-electron chi connectivity index (χ0n) is 17.8. The van der Waals surface area contributed by atoms with Crippen LogP contribution in [0, 0.1) is 0 Å². The van der Waals surface area contributed by atoms with Gasteiger partial charge in [-0.3, -0.25) is 9.89 Å². The van der Waals surface area contributed by atoms with Crippen LogP contribution in [-0.2, 0) is 4.79 Å². The highest BCUT2D eigenvalue weighted by molar-refractivity contribution is 6.07. The average molecular weight is 438 g/mol. The normalized spacial score (nSPS) is 15.8. The zero-order valence-corrected chi connectivity index (χ0v) is 17.8. The summed E-state index contributed by atoms with van der Waals surface area (Å²) in [6.07, 6.45) is 1.70. The molecule has 8 heteroatoms. The van der Waals surface area contributed by atoms with E-state index in [4.69, 9.17) is 5.73 Å². The standard InChI is InChI=1S/C25H22N6O2/c1-14-22(24(32)29-20-8-9-21-18(12-20)13-27-31-21)23(30-25(33)28-14)17-6-2-4-15(10-17)16-5-3-7-19(26)11-16/h2-13,23H,26H2,1H3,(H,27,31)(H,29,32)(H2,28,30,33). The summed E-state index contributed by atoms with van der Waals surface area (Å²) >= 11 is 0. The quantitative estimate of drug-likeness (QED) is 0.308. The Morgan fingerprint density at radius 3 is 2.64 bits per heavy atom. The number of fused-ring (bicyclic) bond motifs is 1. The summed E-state index contributed by atoms with van der Waals surface area (Å²) in [5.74, 6) is -0.304. The van der Waals surface area contributed by atoms with Gasteiger partial charge in [-0.2, -0.15) is 5.10 Å². The molecule has 164 valence electrons. The van der Waals surface area contributed by atoms with Crippen LogP contribution in [0.15, 0.2) is 84.2 Å². The number of nitrogens with one attached hydrogen (secondary N) is 4. The molecular weight excluding hydrogens is 416 g/mol. The monoisotopic (exact) mass is 438 g/mol. The highest BCUT2D eigenvalue weighted by Crippen LogP contribution is 2.31.